The van der Waals surface area contributed by atoms with Crippen molar-refractivity contribution in [2.24, 2.45) is 11.8 Å². The average Bonchev–Trinajstić information content (AvgIpc) is 3.17. The van der Waals surface area contributed by atoms with Crippen LogP contribution in [0, 0.1) is 11.8 Å². The van der Waals surface area contributed by atoms with Gasteiger partial charge in [0.2, 0.25) is 0 Å². The van der Waals surface area contributed by atoms with Gasteiger partial charge in [-0.3, -0.25) is 4.79 Å². The molecule has 0 aromatic heterocycles. The van der Waals surface area contributed by atoms with E-state index in [4.69, 9.17) is 9.16 Å². The molecule has 0 unspecified atom stereocenters. The third-order valence-corrected chi connectivity index (χ3v) is 12.2. The maximum Gasteiger partial charge on any atom is 0.305 e. The van der Waals surface area contributed by atoms with Gasteiger partial charge in [0.25, 0.3) is 8.32 Å². The van der Waals surface area contributed by atoms with Crippen LogP contribution in [0.1, 0.15) is 52.9 Å². The molecule has 3 rings (SSSR count). The van der Waals surface area contributed by atoms with E-state index in [1.807, 2.05) is 0 Å². The number of aliphatic hydroxyl groups excluding tert-OH is 1. The molecule has 1 fully saturated rings. The van der Waals surface area contributed by atoms with E-state index in [0.717, 1.165) is 25.7 Å². The third-order valence-electron chi connectivity index (χ3n) is 7.18. The number of benzene rings is 2. The molecule has 0 aliphatic heterocycles. The van der Waals surface area contributed by atoms with Gasteiger partial charge in [-0.25, -0.2) is 0 Å². The quantitative estimate of drug-likeness (QED) is 0.229. The third kappa shape index (κ3) is 6.07. The number of carbonyl (C=O) groups excluding carboxylic acids is 1. The molecule has 0 amide bonds. The first-order valence-electron chi connectivity index (χ1n) is 12.4. The van der Waals surface area contributed by atoms with Crippen LogP contribution >= 0.6 is 0 Å². The summed E-state index contributed by atoms with van der Waals surface area (Å²) in [7, 11) is -1.08. The Kier molecular flexibility index (Phi) is 9.29. The van der Waals surface area contributed by atoms with Crippen molar-refractivity contribution >= 4 is 24.7 Å². The summed E-state index contributed by atoms with van der Waals surface area (Å²) in [5, 5.41) is 12.9. The minimum atomic E-state index is -2.51. The average molecular weight is 481 g/mol. The summed E-state index contributed by atoms with van der Waals surface area (Å²) in [6.07, 6.45) is 7.60. The van der Waals surface area contributed by atoms with E-state index in [-0.39, 0.29) is 28.9 Å². The number of hydrogen-bond donors (Lipinski definition) is 1. The number of rotatable bonds is 10. The van der Waals surface area contributed by atoms with Crippen LogP contribution in [0.15, 0.2) is 72.8 Å². The Bertz CT molecular complexity index is 881. The van der Waals surface area contributed by atoms with Gasteiger partial charge >= 0.3 is 5.97 Å². The van der Waals surface area contributed by atoms with E-state index < -0.39 is 8.32 Å². The number of hydrogen-bond acceptors (Lipinski definition) is 4. The van der Waals surface area contributed by atoms with Crippen LogP contribution in [-0.4, -0.2) is 39.2 Å². The molecule has 0 bridgehead atoms. The van der Waals surface area contributed by atoms with Crippen molar-refractivity contribution in [2.45, 2.75) is 64.0 Å². The van der Waals surface area contributed by atoms with E-state index in [1.54, 1.807) is 0 Å². The van der Waals surface area contributed by atoms with Gasteiger partial charge < -0.3 is 14.3 Å². The SMILES string of the molecule is COC(=O)C[C@@H]1CC[C@H](O)[C@@H]1C/C=C\CCO[Si](c1ccccc1)(c1ccccc1)C(C)(C)C. The smallest absolute Gasteiger partial charge is 0.305 e. The number of esters is 1. The molecule has 5 heteroatoms. The largest absolute Gasteiger partial charge is 0.469 e. The monoisotopic (exact) mass is 480 g/mol. The predicted molar refractivity (Wildman–Crippen MR) is 141 cm³/mol. The molecular formula is C29H40O4Si. The molecule has 1 aliphatic rings. The van der Waals surface area contributed by atoms with Crippen LogP contribution in [0.5, 0.6) is 0 Å². The Labute approximate surface area is 206 Å². The minimum absolute atomic E-state index is 0.0332. The first kappa shape index (κ1) is 26.4. The van der Waals surface area contributed by atoms with Crippen molar-refractivity contribution in [2.75, 3.05) is 13.7 Å². The standard InChI is InChI=1S/C29H40O4Si/c1-29(2,3)34(24-14-8-5-9-15-24,25-16-10-6-11-17-25)33-21-13-7-12-18-26-23(19-20-27(26)30)22-28(31)32-4/h5-12,14-17,23,26-27,30H,13,18-22H2,1-4H3/b12-7-/t23-,26+,27-/m0/s1. The molecule has 4 nitrogen and oxygen atoms in total. The van der Waals surface area contributed by atoms with E-state index in [1.165, 1.54) is 17.5 Å². The van der Waals surface area contributed by atoms with Crippen molar-refractivity contribution in [3.8, 4) is 0 Å². The summed E-state index contributed by atoms with van der Waals surface area (Å²) in [5.74, 6) is 0.125. The lowest BCUT2D eigenvalue weighted by molar-refractivity contribution is -0.142. The molecule has 0 spiro atoms. The number of carbonyl (C=O) groups is 1. The lowest BCUT2D eigenvalue weighted by atomic mass is 9.89. The van der Waals surface area contributed by atoms with Gasteiger partial charge in [0, 0.05) is 13.0 Å². The highest BCUT2D eigenvalue weighted by atomic mass is 28.4. The lowest BCUT2D eigenvalue weighted by Gasteiger charge is -2.43. The number of aliphatic hydroxyl groups is 1. The Balaban J connectivity index is 1.68. The summed E-state index contributed by atoms with van der Waals surface area (Å²) in [6, 6.07) is 21.4. The molecule has 2 aromatic carbocycles. The van der Waals surface area contributed by atoms with Gasteiger partial charge in [0.1, 0.15) is 0 Å². The molecular weight excluding hydrogens is 440 g/mol. The molecule has 3 atom stereocenters. The molecule has 1 saturated carbocycles. The zero-order valence-electron chi connectivity index (χ0n) is 21.1. The Hall–Kier alpha value is -2.21. The molecule has 0 saturated heterocycles. The number of ether oxygens (including phenoxy) is 1. The zero-order valence-corrected chi connectivity index (χ0v) is 22.1. The van der Waals surface area contributed by atoms with Gasteiger partial charge in [0.05, 0.1) is 13.2 Å². The van der Waals surface area contributed by atoms with Crippen LogP contribution in [-0.2, 0) is 14.0 Å². The summed E-state index contributed by atoms with van der Waals surface area (Å²) in [4.78, 5) is 11.7. The normalized spacial score (nSPS) is 21.1. The molecule has 1 aliphatic carbocycles. The van der Waals surface area contributed by atoms with Crippen molar-refractivity contribution in [1.29, 1.82) is 0 Å². The lowest BCUT2D eigenvalue weighted by Crippen LogP contribution is -2.66. The maximum absolute atomic E-state index is 11.7. The number of allylic oxidation sites excluding steroid dienone is 1. The molecule has 184 valence electrons. The highest BCUT2D eigenvalue weighted by Gasteiger charge is 2.49. The van der Waals surface area contributed by atoms with Gasteiger partial charge in [0.15, 0.2) is 0 Å². The van der Waals surface area contributed by atoms with E-state index >= 15 is 0 Å². The molecule has 0 heterocycles. The Morgan fingerprint density at radius 3 is 2.12 bits per heavy atom. The fraction of sp³-hybridized carbons (Fsp3) is 0.483. The minimum Gasteiger partial charge on any atom is -0.469 e. The van der Waals surface area contributed by atoms with Gasteiger partial charge in [-0.2, -0.15) is 0 Å². The van der Waals surface area contributed by atoms with Gasteiger partial charge in [-0.05, 0) is 52.9 Å². The maximum atomic E-state index is 11.7. The molecule has 2 aromatic rings. The molecule has 1 N–H and O–H groups in total. The van der Waals surface area contributed by atoms with Crippen LogP contribution < -0.4 is 10.4 Å². The first-order valence-corrected chi connectivity index (χ1v) is 14.4. The number of methoxy groups -OCH3 is 1. The first-order chi connectivity index (χ1) is 16.3. The van der Waals surface area contributed by atoms with E-state index in [9.17, 15) is 9.90 Å². The second-order valence-electron chi connectivity index (χ2n) is 10.4. The fourth-order valence-corrected chi connectivity index (χ4v) is 10.0. The van der Waals surface area contributed by atoms with Crippen LogP contribution in [0.4, 0.5) is 0 Å². The predicted octanol–water partition coefficient (Wildman–Crippen LogP) is 4.85. The van der Waals surface area contributed by atoms with Crippen LogP contribution in [0.25, 0.3) is 0 Å². The Morgan fingerprint density at radius 2 is 1.59 bits per heavy atom. The highest BCUT2D eigenvalue weighted by Crippen LogP contribution is 2.38. The van der Waals surface area contributed by atoms with Crippen LogP contribution in [0.3, 0.4) is 0 Å². The van der Waals surface area contributed by atoms with E-state index in [0.29, 0.717) is 13.0 Å². The highest BCUT2D eigenvalue weighted by molar-refractivity contribution is 6.99. The Morgan fingerprint density at radius 1 is 1.00 bits per heavy atom. The van der Waals surface area contributed by atoms with Crippen molar-refractivity contribution in [1.82, 2.24) is 0 Å². The van der Waals surface area contributed by atoms with Crippen molar-refractivity contribution in [3.63, 3.8) is 0 Å². The summed E-state index contributed by atoms with van der Waals surface area (Å²) < 4.78 is 11.8. The van der Waals surface area contributed by atoms with Gasteiger partial charge in [-0.15, -0.1) is 0 Å². The topological polar surface area (TPSA) is 55.8 Å². The zero-order chi connectivity index (χ0) is 24.6. The van der Waals surface area contributed by atoms with Crippen LogP contribution in [0.2, 0.25) is 5.04 Å². The second kappa shape index (κ2) is 12.0. The summed E-state index contributed by atoms with van der Waals surface area (Å²) >= 11 is 0. The van der Waals surface area contributed by atoms with Crippen molar-refractivity contribution < 1.29 is 19.1 Å². The van der Waals surface area contributed by atoms with Crippen molar-refractivity contribution in [3.05, 3.63) is 72.8 Å². The van der Waals surface area contributed by atoms with Gasteiger partial charge in [-0.1, -0.05) is 93.6 Å². The summed E-state index contributed by atoms with van der Waals surface area (Å²) in [6.45, 7) is 7.51. The fourth-order valence-electron chi connectivity index (χ4n) is 5.44. The van der Waals surface area contributed by atoms with E-state index in [2.05, 4.69) is 93.6 Å². The summed E-state index contributed by atoms with van der Waals surface area (Å²) in [5.41, 5.74) is 0. The molecule has 34 heavy (non-hydrogen) atoms. The second-order valence-corrected chi connectivity index (χ2v) is 14.7. The molecule has 0 radical (unpaired) electrons.